The van der Waals surface area contributed by atoms with Crippen LogP contribution < -0.4 is 4.90 Å². The molecule has 0 saturated heterocycles. The van der Waals surface area contributed by atoms with Crippen molar-refractivity contribution >= 4 is 86.3 Å². The molecule has 0 atom stereocenters. The molecule has 9 aromatic rings. The van der Waals surface area contributed by atoms with Crippen molar-refractivity contribution in [2.24, 2.45) is 0 Å². The van der Waals surface area contributed by atoms with Gasteiger partial charge in [0.15, 0.2) is 0 Å². The molecular weight excluding hydrogens is 644 g/mol. The van der Waals surface area contributed by atoms with Crippen LogP contribution >= 0.6 is 27.3 Å². The summed E-state index contributed by atoms with van der Waals surface area (Å²) in [5.41, 5.74) is 9.27. The van der Waals surface area contributed by atoms with Crippen LogP contribution in [0, 0.1) is 0 Å². The molecule has 0 aliphatic rings. The number of benzene rings is 7. The van der Waals surface area contributed by atoms with Crippen LogP contribution in [-0.2, 0) is 0 Å². The number of fused-ring (bicyclic) bond motifs is 6. The van der Waals surface area contributed by atoms with Gasteiger partial charge in [0.25, 0.3) is 0 Å². The van der Waals surface area contributed by atoms with Crippen molar-refractivity contribution in [3.8, 4) is 16.8 Å². The molecule has 0 saturated carbocycles. The number of aromatic nitrogens is 1. The molecule has 0 fully saturated rings. The van der Waals surface area contributed by atoms with Gasteiger partial charge in [-0.2, -0.15) is 0 Å². The Hall–Kier alpha value is -5.16. The van der Waals surface area contributed by atoms with E-state index in [1.54, 1.807) is 0 Å². The molecule has 0 aliphatic carbocycles. The number of thiophene rings is 1. The van der Waals surface area contributed by atoms with E-state index in [9.17, 15) is 0 Å². The molecule has 0 N–H and O–H groups in total. The van der Waals surface area contributed by atoms with Crippen LogP contribution in [0.25, 0.3) is 58.8 Å². The van der Waals surface area contributed by atoms with E-state index in [-0.39, 0.29) is 0 Å². The largest absolute Gasteiger partial charge is 0.310 e. The van der Waals surface area contributed by atoms with Crippen LogP contribution in [0.1, 0.15) is 0 Å². The smallest absolute Gasteiger partial charge is 0.0561 e. The highest BCUT2D eigenvalue weighted by Crippen LogP contribution is 2.43. The summed E-state index contributed by atoms with van der Waals surface area (Å²) in [6, 6.07) is 59.2. The van der Waals surface area contributed by atoms with Crippen molar-refractivity contribution in [1.82, 2.24) is 4.57 Å². The van der Waals surface area contributed by atoms with Crippen LogP contribution in [0.3, 0.4) is 0 Å². The minimum absolute atomic E-state index is 1.08. The van der Waals surface area contributed by atoms with Gasteiger partial charge in [-0.05, 0) is 90.0 Å². The predicted octanol–water partition coefficient (Wildman–Crippen LogP) is 13.1. The highest BCUT2D eigenvalue weighted by molar-refractivity contribution is 9.10. The van der Waals surface area contributed by atoms with Gasteiger partial charge < -0.3 is 9.47 Å². The van der Waals surface area contributed by atoms with Crippen molar-refractivity contribution in [2.75, 3.05) is 4.90 Å². The van der Waals surface area contributed by atoms with E-state index in [1.165, 1.54) is 53.1 Å². The van der Waals surface area contributed by atoms with E-state index in [4.69, 9.17) is 0 Å². The SMILES string of the molecule is Brc1ccc(-c2cccc(N(c3ccccc3)c3ccc4c5cc6c(cc5n(-c5ccccc5)c4c3)sc3ccccc36)c2)cc1. The van der Waals surface area contributed by atoms with Crippen molar-refractivity contribution in [2.45, 2.75) is 0 Å². The van der Waals surface area contributed by atoms with Gasteiger partial charge in [0.1, 0.15) is 0 Å². The molecule has 0 spiro atoms. The quantitative estimate of drug-likeness (QED) is 0.177. The van der Waals surface area contributed by atoms with Gasteiger partial charge in [-0.15, -0.1) is 11.3 Å². The van der Waals surface area contributed by atoms with Crippen LogP contribution in [0.4, 0.5) is 17.1 Å². The number of anilines is 3. The third-order valence-corrected chi connectivity index (χ3v) is 10.5. The molecule has 0 radical (unpaired) electrons. The molecular formula is C42H27BrN2S. The average Bonchev–Trinajstić information content (AvgIpc) is 3.63. The first-order chi connectivity index (χ1) is 22.7. The molecule has 4 heteroatoms. The second-order valence-electron chi connectivity index (χ2n) is 11.6. The molecule has 0 aliphatic heterocycles. The molecule has 0 bridgehead atoms. The number of nitrogens with zero attached hydrogens (tertiary/aromatic N) is 2. The summed E-state index contributed by atoms with van der Waals surface area (Å²) in [4.78, 5) is 2.36. The Bertz CT molecular complexity index is 2530. The predicted molar refractivity (Wildman–Crippen MR) is 201 cm³/mol. The lowest BCUT2D eigenvalue weighted by molar-refractivity contribution is 1.18. The van der Waals surface area contributed by atoms with E-state index in [1.807, 2.05) is 11.3 Å². The molecule has 2 aromatic heterocycles. The lowest BCUT2D eigenvalue weighted by Crippen LogP contribution is -2.10. The maximum Gasteiger partial charge on any atom is 0.0561 e. The lowest BCUT2D eigenvalue weighted by Gasteiger charge is -2.26. The Labute approximate surface area is 279 Å². The number of hydrogen-bond donors (Lipinski definition) is 0. The molecule has 2 heterocycles. The van der Waals surface area contributed by atoms with Gasteiger partial charge in [-0.3, -0.25) is 0 Å². The number of halogens is 1. The summed E-state index contributed by atoms with van der Waals surface area (Å²) in [5, 5.41) is 5.16. The fraction of sp³-hybridized carbons (Fsp3) is 0. The molecule has 7 aromatic carbocycles. The first-order valence-corrected chi connectivity index (χ1v) is 17.0. The number of rotatable bonds is 5. The van der Waals surface area contributed by atoms with Crippen molar-refractivity contribution in [3.63, 3.8) is 0 Å². The Morgan fingerprint density at radius 1 is 0.435 bits per heavy atom. The van der Waals surface area contributed by atoms with E-state index < -0.39 is 0 Å². The maximum absolute atomic E-state index is 3.58. The third-order valence-electron chi connectivity index (χ3n) is 8.82. The topological polar surface area (TPSA) is 8.17 Å². The molecule has 0 amide bonds. The first kappa shape index (κ1) is 27.2. The number of hydrogen-bond acceptors (Lipinski definition) is 2. The van der Waals surface area contributed by atoms with E-state index in [2.05, 4.69) is 189 Å². The van der Waals surface area contributed by atoms with Crippen molar-refractivity contribution in [3.05, 3.63) is 168 Å². The van der Waals surface area contributed by atoms with Crippen LogP contribution in [0.2, 0.25) is 0 Å². The first-order valence-electron chi connectivity index (χ1n) is 15.4. The average molecular weight is 672 g/mol. The summed E-state index contributed by atoms with van der Waals surface area (Å²) in [5.74, 6) is 0. The normalized spacial score (nSPS) is 11.6. The Balaban J connectivity index is 1.30. The lowest BCUT2D eigenvalue weighted by atomic mass is 10.0. The van der Waals surface area contributed by atoms with Crippen molar-refractivity contribution < 1.29 is 0 Å². The van der Waals surface area contributed by atoms with Gasteiger partial charge >= 0.3 is 0 Å². The van der Waals surface area contributed by atoms with E-state index in [0.29, 0.717) is 0 Å². The van der Waals surface area contributed by atoms with Gasteiger partial charge in [0.05, 0.1) is 11.0 Å². The van der Waals surface area contributed by atoms with Gasteiger partial charge in [0, 0.05) is 58.2 Å². The molecule has 0 unspecified atom stereocenters. The van der Waals surface area contributed by atoms with E-state index in [0.717, 1.165) is 27.2 Å². The standard InChI is InChI=1S/C42H27BrN2S/c43-30-20-18-28(19-21-30)29-10-9-15-33(24-29)44(31-11-3-1-4-12-31)34-22-23-35-37-26-38-36-16-7-8-17-41(36)46-42(38)27-40(37)45(39(35)25-34)32-13-5-2-6-14-32/h1-27H. The zero-order valence-corrected chi connectivity index (χ0v) is 27.2. The zero-order chi connectivity index (χ0) is 30.6. The molecule has 9 rings (SSSR count). The maximum atomic E-state index is 3.58. The highest BCUT2D eigenvalue weighted by Gasteiger charge is 2.19. The fourth-order valence-electron chi connectivity index (χ4n) is 6.71. The second kappa shape index (κ2) is 11.0. The van der Waals surface area contributed by atoms with Gasteiger partial charge in [-0.25, -0.2) is 0 Å². The monoisotopic (exact) mass is 670 g/mol. The minimum atomic E-state index is 1.08. The summed E-state index contributed by atoms with van der Waals surface area (Å²) >= 11 is 5.45. The summed E-state index contributed by atoms with van der Waals surface area (Å²) < 4.78 is 6.14. The molecule has 2 nitrogen and oxygen atoms in total. The highest BCUT2D eigenvalue weighted by atomic mass is 79.9. The Morgan fingerprint density at radius 3 is 1.96 bits per heavy atom. The Kier molecular flexibility index (Phi) is 6.51. The Morgan fingerprint density at radius 2 is 1.13 bits per heavy atom. The molecule has 46 heavy (non-hydrogen) atoms. The number of para-hydroxylation sites is 2. The van der Waals surface area contributed by atoms with Crippen LogP contribution in [0.5, 0.6) is 0 Å². The summed E-state index contributed by atoms with van der Waals surface area (Å²) in [6.07, 6.45) is 0. The van der Waals surface area contributed by atoms with Gasteiger partial charge in [-0.1, -0.05) is 101 Å². The van der Waals surface area contributed by atoms with Crippen LogP contribution in [-0.4, -0.2) is 4.57 Å². The van der Waals surface area contributed by atoms with Crippen molar-refractivity contribution in [1.29, 1.82) is 0 Å². The van der Waals surface area contributed by atoms with Gasteiger partial charge in [0.2, 0.25) is 0 Å². The molecule has 218 valence electrons. The van der Waals surface area contributed by atoms with E-state index >= 15 is 0 Å². The summed E-state index contributed by atoms with van der Waals surface area (Å²) in [7, 11) is 0. The zero-order valence-electron chi connectivity index (χ0n) is 24.8. The fourth-order valence-corrected chi connectivity index (χ4v) is 8.09. The second-order valence-corrected chi connectivity index (χ2v) is 13.6. The van der Waals surface area contributed by atoms with Crippen LogP contribution in [0.15, 0.2) is 168 Å². The minimum Gasteiger partial charge on any atom is -0.310 e. The summed E-state index contributed by atoms with van der Waals surface area (Å²) in [6.45, 7) is 0. The third kappa shape index (κ3) is 4.53.